The van der Waals surface area contributed by atoms with Crippen molar-refractivity contribution in [2.45, 2.75) is 31.2 Å². The fourth-order valence-electron chi connectivity index (χ4n) is 3.70. The summed E-state index contributed by atoms with van der Waals surface area (Å²) in [7, 11) is 1.81. The lowest BCUT2D eigenvalue weighted by Gasteiger charge is -2.34. The summed E-state index contributed by atoms with van der Waals surface area (Å²) < 4.78 is 0. The Balaban J connectivity index is 1.40. The van der Waals surface area contributed by atoms with E-state index in [-0.39, 0.29) is 6.04 Å². The van der Waals surface area contributed by atoms with Gasteiger partial charge in [-0.15, -0.1) is 0 Å². The molecule has 0 radical (unpaired) electrons. The molecular formula is C20H20ClN5. The summed E-state index contributed by atoms with van der Waals surface area (Å²) in [6, 6.07) is 8.79. The monoisotopic (exact) mass is 365 g/mol. The van der Waals surface area contributed by atoms with Crippen LogP contribution in [-0.2, 0) is 0 Å². The zero-order valence-electron chi connectivity index (χ0n) is 14.5. The van der Waals surface area contributed by atoms with Crippen LogP contribution in [-0.4, -0.2) is 33.8 Å². The molecule has 6 heteroatoms. The van der Waals surface area contributed by atoms with Crippen LogP contribution in [0.1, 0.15) is 36.6 Å². The van der Waals surface area contributed by atoms with Crippen LogP contribution in [0.15, 0.2) is 52.8 Å². The summed E-state index contributed by atoms with van der Waals surface area (Å²) in [5.74, 6) is 1.76. The first kappa shape index (κ1) is 15.7. The molecule has 3 heterocycles. The Morgan fingerprint density at radius 2 is 1.96 bits per heavy atom. The Bertz CT molecular complexity index is 933. The molecule has 26 heavy (non-hydrogen) atoms. The number of hydrogen-bond donors (Lipinski definition) is 2. The third kappa shape index (κ3) is 2.63. The second kappa shape index (κ2) is 6.02. The normalized spacial score (nSPS) is 23.5. The predicted molar refractivity (Wildman–Crippen MR) is 105 cm³/mol. The van der Waals surface area contributed by atoms with E-state index < -0.39 is 0 Å². The largest absolute Gasteiger partial charge is 0.342 e. The molecule has 5 nitrogen and oxygen atoms in total. The molecule has 1 aliphatic carbocycles. The average molecular weight is 366 g/mol. The third-order valence-corrected chi connectivity index (χ3v) is 5.45. The van der Waals surface area contributed by atoms with Crippen molar-refractivity contribution in [2.24, 2.45) is 4.99 Å². The van der Waals surface area contributed by atoms with E-state index in [1.54, 1.807) is 0 Å². The number of fused-ring (bicyclic) bond motifs is 1. The molecule has 1 atom stereocenters. The third-order valence-electron chi connectivity index (χ3n) is 5.26. The average Bonchev–Trinajstić information content (AvgIpc) is 3.24. The summed E-state index contributed by atoms with van der Waals surface area (Å²) >= 11 is 6.24. The van der Waals surface area contributed by atoms with Gasteiger partial charge >= 0.3 is 0 Å². The number of rotatable bonds is 3. The number of aromatic nitrogens is 2. The molecule has 0 amide bonds. The van der Waals surface area contributed by atoms with Crippen molar-refractivity contribution in [2.75, 3.05) is 7.05 Å². The van der Waals surface area contributed by atoms with Gasteiger partial charge in [0.25, 0.3) is 0 Å². The highest BCUT2D eigenvalue weighted by atomic mass is 35.5. The van der Waals surface area contributed by atoms with Gasteiger partial charge in [-0.2, -0.15) is 0 Å². The first-order chi connectivity index (χ1) is 12.7. The second-order valence-corrected chi connectivity index (χ2v) is 7.40. The minimum Gasteiger partial charge on any atom is -0.342 e. The number of nitrogens with zero attached hydrogens (tertiary/aromatic N) is 3. The Labute approximate surface area is 157 Å². The molecule has 2 aliphatic heterocycles. The standard InChI is InChI=1S/C20H20ClN5/c1-22-15-10-19(21)25-26-17(8-9-18(15)26)13-4-2-12(3-5-13)16-11-23-20(24-16)14-6-7-14/h2-5,8,10-11,14,18,25H,6-7,9H2,1H3,(H,23,24). The number of halogens is 1. The van der Waals surface area contributed by atoms with Crippen molar-refractivity contribution < 1.29 is 0 Å². The van der Waals surface area contributed by atoms with Crippen molar-refractivity contribution in [3.05, 3.63) is 59.2 Å². The van der Waals surface area contributed by atoms with Crippen molar-refractivity contribution in [1.29, 1.82) is 0 Å². The minimum absolute atomic E-state index is 0.200. The van der Waals surface area contributed by atoms with Crippen molar-refractivity contribution in [3.63, 3.8) is 0 Å². The quantitative estimate of drug-likeness (QED) is 0.807. The number of hydrogen-bond acceptors (Lipinski definition) is 4. The number of benzene rings is 1. The molecule has 2 aromatic rings. The number of H-pyrrole nitrogens is 1. The van der Waals surface area contributed by atoms with Crippen LogP contribution in [0.2, 0.25) is 0 Å². The van der Waals surface area contributed by atoms with E-state index in [9.17, 15) is 0 Å². The highest BCUT2D eigenvalue weighted by Gasteiger charge is 2.33. The van der Waals surface area contributed by atoms with Crippen LogP contribution in [0.25, 0.3) is 17.0 Å². The summed E-state index contributed by atoms with van der Waals surface area (Å²) in [6.07, 6.45) is 9.51. The summed E-state index contributed by atoms with van der Waals surface area (Å²) in [5, 5.41) is 2.71. The number of aliphatic imine (C=N–C) groups is 1. The zero-order chi connectivity index (χ0) is 17.7. The van der Waals surface area contributed by atoms with Crippen LogP contribution in [0.3, 0.4) is 0 Å². The topological polar surface area (TPSA) is 56.3 Å². The summed E-state index contributed by atoms with van der Waals surface area (Å²) in [4.78, 5) is 12.3. The van der Waals surface area contributed by atoms with Gasteiger partial charge in [0.1, 0.15) is 11.0 Å². The molecule has 0 bridgehead atoms. The number of aromatic amines is 1. The van der Waals surface area contributed by atoms with Gasteiger partial charge in [0.05, 0.1) is 29.3 Å². The lowest BCUT2D eigenvalue weighted by Crippen LogP contribution is -2.47. The maximum absolute atomic E-state index is 6.24. The number of hydrazine groups is 1. The fourth-order valence-corrected chi connectivity index (χ4v) is 3.90. The molecule has 2 N–H and O–H groups in total. The Kier molecular flexibility index (Phi) is 3.64. The maximum atomic E-state index is 6.24. The van der Waals surface area contributed by atoms with E-state index in [1.807, 2.05) is 19.3 Å². The predicted octanol–water partition coefficient (Wildman–Crippen LogP) is 4.04. The van der Waals surface area contributed by atoms with Gasteiger partial charge in [-0.25, -0.2) is 4.98 Å². The summed E-state index contributed by atoms with van der Waals surface area (Å²) in [6.45, 7) is 0. The first-order valence-corrected chi connectivity index (χ1v) is 9.36. The van der Waals surface area contributed by atoms with Gasteiger partial charge in [0.15, 0.2) is 0 Å². The molecule has 1 unspecified atom stereocenters. The number of imidazole rings is 1. The highest BCUT2D eigenvalue weighted by molar-refractivity contribution is 6.31. The van der Waals surface area contributed by atoms with E-state index in [0.29, 0.717) is 11.1 Å². The van der Waals surface area contributed by atoms with Gasteiger partial charge in [0.2, 0.25) is 0 Å². The van der Waals surface area contributed by atoms with Crippen LogP contribution in [0, 0.1) is 0 Å². The molecule has 0 spiro atoms. The van der Waals surface area contributed by atoms with Crippen molar-refractivity contribution in [1.82, 2.24) is 20.4 Å². The van der Waals surface area contributed by atoms with Gasteiger partial charge in [-0.3, -0.25) is 15.4 Å². The van der Waals surface area contributed by atoms with Gasteiger partial charge in [-0.05, 0) is 36.5 Å². The SMILES string of the molecule is CN=C1C=C(Cl)NN2C(c3ccc(-c4cnc(C5CC5)[nH]4)cc3)=CCC12. The summed E-state index contributed by atoms with van der Waals surface area (Å²) in [5.41, 5.74) is 8.79. The minimum atomic E-state index is 0.200. The van der Waals surface area contributed by atoms with Crippen LogP contribution < -0.4 is 5.43 Å². The molecular weight excluding hydrogens is 346 g/mol. The Morgan fingerprint density at radius 3 is 2.69 bits per heavy atom. The Hall–Kier alpha value is -2.53. The van der Waals surface area contributed by atoms with Crippen molar-refractivity contribution >= 4 is 23.0 Å². The van der Waals surface area contributed by atoms with E-state index >= 15 is 0 Å². The molecule has 5 rings (SSSR count). The van der Waals surface area contributed by atoms with E-state index in [4.69, 9.17) is 11.6 Å². The maximum Gasteiger partial charge on any atom is 0.122 e. The lowest BCUT2D eigenvalue weighted by molar-refractivity contribution is 0.308. The highest BCUT2D eigenvalue weighted by Crippen LogP contribution is 2.39. The molecule has 1 saturated carbocycles. The molecule has 132 valence electrons. The van der Waals surface area contributed by atoms with Crippen molar-refractivity contribution in [3.8, 4) is 11.3 Å². The number of nitrogens with one attached hydrogen (secondary N) is 2. The fraction of sp³-hybridized carbons (Fsp3) is 0.300. The van der Waals surface area contributed by atoms with E-state index in [2.05, 4.69) is 55.7 Å². The van der Waals surface area contributed by atoms with Gasteiger partial charge < -0.3 is 4.98 Å². The molecule has 1 aromatic carbocycles. The smallest absolute Gasteiger partial charge is 0.122 e. The second-order valence-electron chi connectivity index (χ2n) is 7.00. The Morgan fingerprint density at radius 1 is 1.19 bits per heavy atom. The molecule has 1 fully saturated rings. The molecule has 1 aromatic heterocycles. The first-order valence-electron chi connectivity index (χ1n) is 8.98. The van der Waals surface area contributed by atoms with Gasteiger partial charge in [0, 0.05) is 13.0 Å². The lowest BCUT2D eigenvalue weighted by atomic mass is 10.1. The zero-order valence-corrected chi connectivity index (χ0v) is 15.3. The molecule has 0 saturated heterocycles. The van der Waals surface area contributed by atoms with E-state index in [1.165, 1.54) is 12.8 Å². The van der Waals surface area contributed by atoms with E-state index in [0.717, 1.165) is 40.5 Å². The van der Waals surface area contributed by atoms with Crippen LogP contribution >= 0.6 is 11.6 Å². The van der Waals surface area contributed by atoms with Gasteiger partial charge in [-0.1, -0.05) is 41.9 Å². The van der Waals surface area contributed by atoms with Crippen LogP contribution in [0.5, 0.6) is 0 Å². The van der Waals surface area contributed by atoms with Crippen LogP contribution in [0.4, 0.5) is 0 Å². The molecule has 3 aliphatic rings.